The average molecular weight is 457 g/mol. The van der Waals surface area contributed by atoms with E-state index in [2.05, 4.69) is 9.97 Å². The lowest BCUT2D eigenvalue weighted by molar-refractivity contribution is -0.139. The monoisotopic (exact) mass is 457 g/mol. The van der Waals surface area contributed by atoms with Gasteiger partial charge in [0.05, 0.1) is 47.1 Å². The molecule has 8 nitrogen and oxygen atoms in total. The summed E-state index contributed by atoms with van der Waals surface area (Å²) in [6.07, 6.45) is -1.58. The second kappa shape index (κ2) is 6.62. The van der Waals surface area contributed by atoms with E-state index in [4.69, 9.17) is 10.00 Å². The number of rotatable bonds is 2. The molecule has 2 atom stereocenters. The van der Waals surface area contributed by atoms with Crippen LogP contribution in [0.4, 0.5) is 19.1 Å². The lowest BCUT2D eigenvalue weighted by Gasteiger charge is -2.43. The van der Waals surface area contributed by atoms with Crippen LogP contribution in [0.2, 0.25) is 0 Å². The zero-order valence-electron chi connectivity index (χ0n) is 17.6. The normalized spacial score (nSPS) is 23.9. The molecule has 0 spiro atoms. The predicted molar refractivity (Wildman–Crippen MR) is 109 cm³/mol. The molecule has 1 aromatic carbocycles. The summed E-state index contributed by atoms with van der Waals surface area (Å²) < 4.78 is 47.7. The fourth-order valence-corrected chi connectivity index (χ4v) is 5.00. The SMILES string of the molecule is C[C@]12CN(c3ncccn3)C[C@](C)(O1)c1c2c(O)n(-c2ccc(C#N)c(C(F)(F)F)c2)c1O. The Morgan fingerprint density at radius 3 is 2.15 bits per heavy atom. The van der Waals surface area contributed by atoms with Crippen LogP contribution in [0, 0.1) is 11.3 Å². The Balaban J connectivity index is 1.66. The van der Waals surface area contributed by atoms with Gasteiger partial charge in [0.2, 0.25) is 17.7 Å². The molecule has 2 N–H and O–H groups in total. The number of halogens is 3. The Hall–Kier alpha value is -3.78. The molecule has 5 rings (SSSR count). The first-order chi connectivity index (χ1) is 15.5. The molecule has 0 radical (unpaired) electrons. The van der Waals surface area contributed by atoms with Crippen molar-refractivity contribution in [2.75, 3.05) is 18.0 Å². The number of aromatic hydroxyl groups is 2. The fraction of sp³-hybridized carbons (Fsp3) is 0.318. The number of hydrogen-bond donors (Lipinski definition) is 2. The van der Waals surface area contributed by atoms with Crippen molar-refractivity contribution in [3.63, 3.8) is 0 Å². The summed E-state index contributed by atoms with van der Waals surface area (Å²) in [5, 5.41) is 31.3. The highest BCUT2D eigenvalue weighted by Crippen LogP contribution is 2.59. The van der Waals surface area contributed by atoms with Crippen molar-refractivity contribution in [2.24, 2.45) is 0 Å². The maximum atomic E-state index is 13.5. The van der Waals surface area contributed by atoms with E-state index < -0.39 is 40.3 Å². The fourth-order valence-electron chi connectivity index (χ4n) is 5.00. The highest BCUT2D eigenvalue weighted by molar-refractivity contribution is 5.62. The summed E-state index contributed by atoms with van der Waals surface area (Å²) in [6.45, 7) is 3.96. The summed E-state index contributed by atoms with van der Waals surface area (Å²) in [6, 6.07) is 6.20. The van der Waals surface area contributed by atoms with Gasteiger partial charge in [0.1, 0.15) is 11.2 Å². The number of anilines is 1. The standard InChI is InChI=1S/C22H18F3N5O3/c1-20-10-29(19-27-6-3-7-28-19)11-21(2,33-20)16-15(20)17(31)30(18(16)32)13-5-4-12(9-26)14(8-13)22(23,24)25/h3-8,31-32H,10-11H2,1-2H3/t20-,21+. The van der Waals surface area contributed by atoms with Crippen LogP contribution in [0.15, 0.2) is 36.7 Å². The molecule has 0 unspecified atom stereocenters. The van der Waals surface area contributed by atoms with Crippen LogP contribution in [-0.2, 0) is 22.1 Å². The molecular weight excluding hydrogens is 439 g/mol. The van der Waals surface area contributed by atoms with Crippen molar-refractivity contribution in [1.29, 1.82) is 5.26 Å². The first-order valence-corrected chi connectivity index (χ1v) is 10.00. The number of ether oxygens (including phenoxy) is 1. The molecule has 2 aromatic heterocycles. The summed E-state index contributed by atoms with van der Waals surface area (Å²) in [5.74, 6) is -0.401. The van der Waals surface area contributed by atoms with Crippen LogP contribution in [0.5, 0.6) is 11.8 Å². The molecule has 4 heterocycles. The third kappa shape index (κ3) is 2.94. The lowest BCUT2D eigenvalue weighted by Crippen LogP contribution is -2.52. The smallest absolute Gasteiger partial charge is 0.417 e. The van der Waals surface area contributed by atoms with Crippen LogP contribution in [0.1, 0.15) is 36.1 Å². The molecule has 2 bridgehead atoms. The Labute approximate surface area is 186 Å². The quantitative estimate of drug-likeness (QED) is 0.606. The van der Waals surface area contributed by atoms with Crippen molar-refractivity contribution < 1.29 is 28.1 Å². The number of aromatic nitrogens is 3. The lowest BCUT2D eigenvalue weighted by atomic mass is 9.94. The van der Waals surface area contributed by atoms with Gasteiger partial charge in [0.15, 0.2) is 0 Å². The van der Waals surface area contributed by atoms with Crippen molar-refractivity contribution in [1.82, 2.24) is 14.5 Å². The predicted octanol–water partition coefficient (Wildman–Crippen LogP) is 3.55. The van der Waals surface area contributed by atoms with Crippen molar-refractivity contribution in [3.05, 3.63) is 58.9 Å². The Morgan fingerprint density at radius 2 is 1.64 bits per heavy atom. The highest BCUT2D eigenvalue weighted by atomic mass is 19.4. The van der Waals surface area contributed by atoms with E-state index in [-0.39, 0.29) is 18.8 Å². The van der Waals surface area contributed by atoms with Gasteiger partial charge < -0.3 is 19.8 Å². The molecule has 2 aliphatic rings. The topological polar surface area (TPSA) is 107 Å². The van der Waals surface area contributed by atoms with E-state index in [1.54, 1.807) is 32.3 Å². The number of hydrogen-bond acceptors (Lipinski definition) is 7. The molecule has 3 aromatic rings. The highest BCUT2D eigenvalue weighted by Gasteiger charge is 2.59. The molecule has 0 amide bonds. The number of nitriles is 1. The molecule has 170 valence electrons. The van der Waals surface area contributed by atoms with Gasteiger partial charge in [0, 0.05) is 12.4 Å². The average Bonchev–Trinajstić information content (AvgIpc) is 3.13. The zero-order chi connectivity index (χ0) is 23.8. The number of alkyl halides is 3. The Bertz CT molecular complexity index is 1280. The van der Waals surface area contributed by atoms with E-state index in [0.29, 0.717) is 17.1 Å². The van der Waals surface area contributed by atoms with Gasteiger partial charge in [0.25, 0.3) is 0 Å². The van der Waals surface area contributed by atoms with Gasteiger partial charge in [-0.15, -0.1) is 0 Å². The number of benzene rings is 1. The van der Waals surface area contributed by atoms with Crippen LogP contribution in [0.3, 0.4) is 0 Å². The molecule has 33 heavy (non-hydrogen) atoms. The molecule has 1 fully saturated rings. The Kier molecular flexibility index (Phi) is 4.23. The third-order valence-electron chi connectivity index (χ3n) is 6.14. The van der Waals surface area contributed by atoms with E-state index in [1.165, 1.54) is 12.1 Å². The first-order valence-electron chi connectivity index (χ1n) is 10.00. The van der Waals surface area contributed by atoms with Crippen LogP contribution >= 0.6 is 0 Å². The van der Waals surface area contributed by atoms with Gasteiger partial charge >= 0.3 is 6.18 Å². The van der Waals surface area contributed by atoms with E-state index >= 15 is 0 Å². The van der Waals surface area contributed by atoms with Crippen LogP contribution < -0.4 is 4.90 Å². The van der Waals surface area contributed by atoms with Gasteiger partial charge in [-0.3, -0.25) is 4.57 Å². The molecular formula is C22H18F3N5O3. The van der Waals surface area contributed by atoms with Gasteiger partial charge in [-0.25, -0.2) is 9.97 Å². The largest absolute Gasteiger partial charge is 0.494 e. The second-order valence-electron chi connectivity index (χ2n) is 8.54. The van der Waals surface area contributed by atoms with E-state index in [1.807, 2.05) is 4.90 Å². The summed E-state index contributed by atoms with van der Waals surface area (Å²) in [5.41, 5.74) is -3.43. The van der Waals surface area contributed by atoms with E-state index in [0.717, 1.165) is 16.7 Å². The molecule has 1 saturated heterocycles. The Morgan fingerprint density at radius 1 is 1.06 bits per heavy atom. The first kappa shape index (κ1) is 21.1. The minimum absolute atomic E-state index is 0.126. The molecule has 0 saturated carbocycles. The minimum Gasteiger partial charge on any atom is -0.494 e. The third-order valence-corrected chi connectivity index (χ3v) is 6.14. The second-order valence-corrected chi connectivity index (χ2v) is 8.54. The summed E-state index contributed by atoms with van der Waals surface area (Å²) >= 11 is 0. The molecule has 2 aliphatic heterocycles. The zero-order valence-corrected chi connectivity index (χ0v) is 17.6. The maximum Gasteiger partial charge on any atom is 0.417 e. The van der Waals surface area contributed by atoms with Crippen LogP contribution in [0.25, 0.3) is 5.69 Å². The van der Waals surface area contributed by atoms with Gasteiger partial charge in [-0.2, -0.15) is 18.4 Å². The maximum absolute atomic E-state index is 13.5. The van der Waals surface area contributed by atoms with Gasteiger partial charge in [-0.1, -0.05) is 0 Å². The number of fused-ring (bicyclic) bond motifs is 5. The van der Waals surface area contributed by atoms with Crippen LogP contribution in [-0.4, -0.2) is 37.8 Å². The minimum atomic E-state index is -4.78. The molecule has 11 heteroatoms. The van der Waals surface area contributed by atoms with Crippen molar-refractivity contribution in [2.45, 2.75) is 31.2 Å². The summed E-state index contributed by atoms with van der Waals surface area (Å²) in [4.78, 5) is 10.4. The van der Waals surface area contributed by atoms with Crippen molar-refractivity contribution >= 4 is 5.95 Å². The van der Waals surface area contributed by atoms with Gasteiger partial charge in [-0.05, 0) is 38.1 Å². The van der Waals surface area contributed by atoms with Crippen molar-refractivity contribution in [3.8, 4) is 23.5 Å². The van der Waals surface area contributed by atoms with E-state index in [9.17, 15) is 23.4 Å². The number of morpholine rings is 1. The molecule has 0 aliphatic carbocycles. The summed E-state index contributed by atoms with van der Waals surface area (Å²) in [7, 11) is 0. The number of nitrogens with zero attached hydrogens (tertiary/aromatic N) is 5.